The van der Waals surface area contributed by atoms with E-state index in [0.717, 1.165) is 40.7 Å². The predicted molar refractivity (Wildman–Crippen MR) is 163 cm³/mol. The SMILES string of the molecule is [C-]#[N+]C[C@H](C1CCCC1)n1cc(-c2ncnc3c2ccn3COC(=O)c2ccccc2Nc2cccc(Cl)c2C)cn1. The molecular formula is C32H30ClN7O2. The van der Waals surface area contributed by atoms with Crippen molar-refractivity contribution < 1.29 is 9.53 Å². The zero-order valence-electron chi connectivity index (χ0n) is 23.2. The molecule has 3 aromatic heterocycles. The van der Waals surface area contributed by atoms with Gasteiger partial charge in [-0.15, -0.1) is 0 Å². The van der Waals surface area contributed by atoms with Gasteiger partial charge in [-0.05, 0) is 61.6 Å². The number of hydrogen-bond acceptors (Lipinski definition) is 6. The first-order chi connectivity index (χ1) is 20.5. The van der Waals surface area contributed by atoms with E-state index in [1.807, 2.05) is 60.4 Å². The maximum atomic E-state index is 13.2. The lowest BCUT2D eigenvalue weighted by molar-refractivity contribution is 0.0380. The molecule has 0 spiro atoms. The summed E-state index contributed by atoms with van der Waals surface area (Å²) in [6.07, 6.45) is 11.8. The number of ether oxygens (including phenoxy) is 1. The highest BCUT2D eigenvalue weighted by molar-refractivity contribution is 6.31. The quantitative estimate of drug-likeness (QED) is 0.144. The molecule has 1 fully saturated rings. The topological polar surface area (TPSA) is 91.2 Å². The normalized spacial score (nSPS) is 14.1. The molecule has 10 heteroatoms. The van der Waals surface area contributed by atoms with E-state index in [9.17, 15) is 4.79 Å². The number of hydrogen-bond donors (Lipinski definition) is 1. The van der Waals surface area contributed by atoms with Gasteiger partial charge in [-0.25, -0.2) is 21.3 Å². The van der Waals surface area contributed by atoms with Crippen molar-refractivity contribution in [2.24, 2.45) is 5.92 Å². The Labute approximate surface area is 248 Å². The molecule has 3 heterocycles. The monoisotopic (exact) mass is 579 g/mol. The van der Waals surface area contributed by atoms with Gasteiger partial charge in [-0.1, -0.05) is 42.6 Å². The lowest BCUT2D eigenvalue weighted by Gasteiger charge is -2.18. The van der Waals surface area contributed by atoms with Gasteiger partial charge in [0.1, 0.15) is 18.0 Å². The highest BCUT2D eigenvalue weighted by Gasteiger charge is 2.29. The fraction of sp³-hybridized carbons (Fsp3) is 0.281. The number of nitrogens with zero attached hydrogens (tertiary/aromatic N) is 6. The molecule has 0 unspecified atom stereocenters. The summed E-state index contributed by atoms with van der Waals surface area (Å²) in [5.74, 6) is 0.0100. The van der Waals surface area contributed by atoms with Gasteiger partial charge in [0.15, 0.2) is 6.73 Å². The molecule has 1 saturated carbocycles. The summed E-state index contributed by atoms with van der Waals surface area (Å²) in [7, 11) is 0. The van der Waals surface area contributed by atoms with E-state index >= 15 is 0 Å². The first-order valence-electron chi connectivity index (χ1n) is 14.0. The number of nitrogens with one attached hydrogen (secondary N) is 1. The van der Waals surface area contributed by atoms with Gasteiger partial charge < -0.3 is 14.9 Å². The molecule has 0 saturated heterocycles. The first-order valence-corrected chi connectivity index (χ1v) is 14.4. The van der Waals surface area contributed by atoms with Crippen LogP contribution >= 0.6 is 11.6 Å². The van der Waals surface area contributed by atoms with E-state index in [-0.39, 0.29) is 12.8 Å². The minimum absolute atomic E-state index is 0.0165. The van der Waals surface area contributed by atoms with Crippen LogP contribution in [0.3, 0.4) is 0 Å². The molecule has 212 valence electrons. The van der Waals surface area contributed by atoms with E-state index in [1.165, 1.54) is 19.2 Å². The third-order valence-corrected chi connectivity index (χ3v) is 8.42. The number of anilines is 2. The van der Waals surface area contributed by atoms with Crippen molar-refractivity contribution in [2.75, 3.05) is 11.9 Å². The third-order valence-electron chi connectivity index (χ3n) is 8.01. The van der Waals surface area contributed by atoms with Gasteiger partial charge in [0.2, 0.25) is 6.54 Å². The summed E-state index contributed by atoms with van der Waals surface area (Å²) in [6.45, 7) is 9.77. The minimum Gasteiger partial charge on any atom is -0.440 e. The molecule has 1 aliphatic rings. The van der Waals surface area contributed by atoms with Gasteiger partial charge >= 0.3 is 5.97 Å². The highest BCUT2D eigenvalue weighted by atomic mass is 35.5. The smallest absolute Gasteiger partial charge is 0.341 e. The molecule has 9 nitrogen and oxygen atoms in total. The maximum absolute atomic E-state index is 13.2. The van der Waals surface area contributed by atoms with Crippen LogP contribution in [0.5, 0.6) is 0 Å². The Hall–Kier alpha value is -4.68. The minimum atomic E-state index is -0.465. The molecule has 0 bridgehead atoms. The largest absolute Gasteiger partial charge is 0.440 e. The summed E-state index contributed by atoms with van der Waals surface area (Å²) >= 11 is 6.28. The van der Waals surface area contributed by atoms with Gasteiger partial charge in [0.25, 0.3) is 0 Å². The molecular weight excluding hydrogens is 550 g/mol. The van der Waals surface area contributed by atoms with Crippen LogP contribution in [-0.2, 0) is 11.5 Å². The molecule has 0 radical (unpaired) electrons. The Morgan fingerprint density at radius 1 is 1.14 bits per heavy atom. The van der Waals surface area contributed by atoms with Crippen LogP contribution in [-0.4, -0.2) is 36.8 Å². The fourth-order valence-electron chi connectivity index (χ4n) is 5.73. The van der Waals surface area contributed by atoms with E-state index in [2.05, 4.69) is 25.2 Å². The number of halogens is 1. The van der Waals surface area contributed by atoms with Gasteiger partial charge in [-0.3, -0.25) is 9.25 Å². The number of aromatic nitrogens is 5. The summed E-state index contributed by atoms with van der Waals surface area (Å²) in [6, 6.07) is 14.8. The lowest BCUT2D eigenvalue weighted by Crippen LogP contribution is -2.20. The second kappa shape index (κ2) is 12.0. The van der Waals surface area contributed by atoms with E-state index in [0.29, 0.717) is 34.4 Å². The maximum Gasteiger partial charge on any atom is 0.341 e. The van der Waals surface area contributed by atoms with Crippen LogP contribution in [0.2, 0.25) is 5.02 Å². The van der Waals surface area contributed by atoms with Crippen LogP contribution in [0.1, 0.15) is 47.6 Å². The molecule has 1 atom stereocenters. The predicted octanol–water partition coefficient (Wildman–Crippen LogP) is 7.47. The summed E-state index contributed by atoms with van der Waals surface area (Å²) in [4.78, 5) is 25.9. The molecule has 1 N–H and O–H groups in total. The molecule has 0 aliphatic heterocycles. The van der Waals surface area contributed by atoms with E-state index < -0.39 is 5.97 Å². The van der Waals surface area contributed by atoms with Crippen molar-refractivity contribution in [3.63, 3.8) is 0 Å². The van der Waals surface area contributed by atoms with Gasteiger partial charge in [-0.2, -0.15) is 5.10 Å². The summed E-state index contributed by atoms with van der Waals surface area (Å²) in [5, 5.41) is 9.42. The number of fused-ring (bicyclic) bond motifs is 1. The van der Waals surface area contributed by atoms with Crippen molar-refractivity contribution in [3.8, 4) is 11.3 Å². The summed E-state index contributed by atoms with van der Waals surface area (Å²) in [5.41, 5.74) is 5.00. The van der Waals surface area contributed by atoms with Gasteiger partial charge in [0, 0.05) is 34.1 Å². The third kappa shape index (κ3) is 5.46. The number of esters is 1. The fourth-order valence-corrected chi connectivity index (χ4v) is 5.90. The van der Waals surface area contributed by atoms with Crippen molar-refractivity contribution in [1.82, 2.24) is 24.3 Å². The highest BCUT2D eigenvalue weighted by Crippen LogP contribution is 2.35. The van der Waals surface area contributed by atoms with Crippen LogP contribution < -0.4 is 5.32 Å². The second-order valence-corrected chi connectivity index (χ2v) is 11.0. The zero-order valence-corrected chi connectivity index (χ0v) is 24.0. The van der Waals surface area contributed by atoms with Crippen molar-refractivity contribution in [1.29, 1.82) is 0 Å². The molecule has 5 aromatic rings. The average Bonchev–Trinajstić information content (AvgIpc) is 3.79. The Morgan fingerprint density at radius 3 is 2.79 bits per heavy atom. The zero-order chi connectivity index (χ0) is 29.1. The summed E-state index contributed by atoms with van der Waals surface area (Å²) < 4.78 is 9.45. The average molecular weight is 580 g/mol. The number of carbonyl (C=O) groups excluding carboxylic acids is 1. The van der Waals surface area contributed by atoms with E-state index in [1.54, 1.807) is 22.9 Å². The second-order valence-electron chi connectivity index (χ2n) is 10.6. The van der Waals surface area contributed by atoms with Crippen molar-refractivity contribution in [2.45, 2.75) is 45.4 Å². The lowest BCUT2D eigenvalue weighted by atomic mass is 9.98. The number of benzene rings is 2. The Bertz CT molecular complexity index is 1780. The number of para-hydroxylation sites is 1. The van der Waals surface area contributed by atoms with Crippen molar-refractivity contribution >= 4 is 40.0 Å². The Morgan fingerprint density at radius 2 is 1.95 bits per heavy atom. The Balaban J connectivity index is 1.20. The molecule has 42 heavy (non-hydrogen) atoms. The Kier molecular flexibility index (Phi) is 7.89. The number of carbonyl (C=O) groups is 1. The number of rotatable bonds is 9. The standard InChI is InChI=1S/C32H30ClN7O2/c1-21-26(33)11-7-13-27(21)38-28-12-6-5-10-24(28)32(41)42-20-39-15-14-25-30(35-19-36-31(25)39)23-16-37-40(18-23)29(17-34-2)22-8-3-4-9-22/h5-7,10-16,18-19,22,29,38H,3-4,8-9,17,20H2,1H3/t29-/m1/s1. The molecule has 2 aromatic carbocycles. The van der Waals surface area contributed by atoms with Crippen LogP contribution in [0, 0.1) is 19.4 Å². The van der Waals surface area contributed by atoms with Crippen molar-refractivity contribution in [3.05, 3.63) is 101 Å². The van der Waals surface area contributed by atoms with Gasteiger partial charge in [0.05, 0.1) is 23.1 Å². The van der Waals surface area contributed by atoms with Crippen LogP contribution in [0.4, 0.5) is 11.4 Å². The van der Waals surface area contributed by atoms with Crippen LogP contribution in [0.15, 0.2) is 73.4 Å². The first kappa shape index (κ1) is 27.5. The molecule has 1 aliphatic carbocycles. The molecule has 0 amide bonds. The van der Waals surface area contributed by atoms with E-state index in [4.69, 9.17) is 22.9 Å². The molecule has 6 rings (SSSR count). The van der Waals surface area contributed by atoms with Crippen LogP contribution in [0.25, 0.3) is 27.1 Å².